The topological polar surface area (TPSA) is 18.5 Å². The van der Waals surface area contributed by atoms with Crippen molar-refractivity contribution in [2.24, 2.45) is 0 Å². The standard InChI is InChI=1S/C15H23O2/c1-4-6-10-16-14-9-8-13(3)12-15(14)17-11-7-5-2/h8-9,12H,3-7,10-11H2,1-2H3. The first-order valence-electron chi connectivity index (χ1n) is 6.49. The minimum atomic E-state index is 0.740. The average molecular weight is 235 g/mol. The van der Waals surface area contributed by atoms with Crippen LogP contribution in [-0.4, -0.2) is 13.2 Å². The molecule has 0 fully saturated rings. The lowest BCUT2D eigenvalue weighted by atomic mass is 10.2. The Bertz CT molecular complexity index is 321. The summed E-state index contributed by atoms with van der Waals surface area (Å²) in [5.41, 5.74) is 0.958. The normalized spacial score (nSPS) is 10.3. The fourth-order valence-electron chi connectivity index (χ4n) is 1.44. The lowest BCUT2D eigenvalue weighted by molar-refractivity contribution is 0.262. The summed E-state index contributed by atoms with van der Waals surface area (Å²) in [5, 5.41) is 0. The van der Waals surface area contributed by atoms with Crippen LogP contribution in [0.5, 0.6) is 11.5 Å². The van der Waals surface area contributed by atoms with Gasteiger partial charge in [0.2, 0.25) is 0 Å². The first-order chi connectivity index (χ1) is 8.27. The van der Waals surface area contributed by atoms with Crippen molar-refractivity contribution in [2.45, 2.75) is 39.5 Å². The maximum absolute atomic E-state index is 5.72. The van der Waals surface area contributed by atoms with Crippen LogP contribution < -0.4 is 9.47 Å². The maximum atomic E-state index is 5.72. The summed E-state index contributed by atoms with van der Waals surface area (Å²) in [6, 6.07) is 5.84. The molecule has 0 bridgehead atoms. The zero-order valence-corrected chi connectivity index (χ0v) is 11.0. The van der Waals surface area contributed by atoms with Gasteiger partial charge >= 0.3 is 0 Å². The van der Waals surface area contributed by atoms with Gasteiger partial charge in [-0.15, -0.1) is 0 Å². The molecule has 0 heterocycles. The summed E-state index contributed by atoms with van der Waals surface area (Å²) < 4.78 is 11.4. The molecule has 0 saturated carbocycles. The number of hydrogen-bond donors (Lipinski definition) is 0. The highest BCUT2D eigenvalue weighted by Crippen LogP contribution is 2.28. The fourth-order valence-corrected chi connectivity index (χ4v) is 1.44. The third kappa shape index (κ3) is 5.12. The third-order valence-electron chi connectivity index (χ3n) is 2.52. The Labute approximate surface area is 105 Å². The average Bonchev–Trinajstić information content (AvgIpc) is 2.32. The summed E-state index contributed by atoms with van der Waals surface area (Å²) in [5.74, 6) is 1.66. The molecular formula is C15H23O2. The Morgan fingerprint density at radius 3 is 2.12 bits per heavy atom. The lowest BCUT2D eigenvalue weighted by Crippen LogP contribution is -2.02. The van der Waals surface area contributed by atoms with E-state index in [2.05, 4.69) is 20.8 Å². The van der Waals surface area contributed by atoms with Crippen LogP contribution in [0.25, 0.3) is 0 Å². The van der Waals surface area contributed by atoms with Crippen molar-refractivity contribution in [1.29, 1.82) is 0 Å². The van der Waals surface area contributed by atoms with Gasteiger partial charge in [0, 0.05) is 0 Å². The van der Waals surface area contributed by atoms with E-state index >= 15 is 0 Å². The Hall–Kier alpha value is -1.18. The van der Waals surface area contributed by atoms with Crippen LogP contribution in [0.2, 0.25) is 0 Å². The quantitative estimate of drug-likeness (QED) is 0.628. The summed E-state index contributed by atoms with van der Waals surface area (Å²) in [7, 11) is 0. The van der Waals surface area contributed by atoms with Crippen LogP contribution in [-0.2, 0) is 0 Å². The van der Waals surface area contributed by atoms with Gasteiger partial charge in [0.05, 0.1) is 13.2 Å². The largest absolute Gasteiger partial charge is 0.490 e. The van der Waals surface area contributed by atoms with Crippen molar-refractivity contribution in [3.05, 3.63) is 30.7 Å². The zero-order valence-electron chi connectivity index (χ0n) is 11.0. The van der Waals surface area contributed by atoms with E-state index in [9.17, 15) is 0 Å². The molecule has 0 aromatic heterocycles. The number of ether oxygens (including phenoxy) is 2. The molecule has 17 heavy (non-hydrogen) atoms. The number of benzene rings is 1. The van der Waals surface area contributed by atoms with Crippen LogP contribution in [0.15, 0.2) is 18.2 Å². The van der Waals surface area contributed by atoms with E-state index in [1.54, 1.807) is 0 Å². The van der Waals surface area contributed by atoms with Crippen LogP contribution >= 0.6 is 0 Å². The minimum Gasteiger partial charge on any atom is -0.490 e. The van der Waals surface area contributed by atoms with Gasteiger partial charge in [0.15, 0.2) is 11.5 Å². The van der Waals surface area contributed by atoms with E-state index in [1.807, 2.05) is 18.2 Å². The van der Waals surface area contributed by atoms with Gasteiger partial charge in [-0.25, -0.2) is 0 Å². The highest BCUT2D eigenvalue weighted by molar-refractivity contribution is 5.43. The molecule has 1 aromatic carbocycles. The summed E-state index contributed by atoms with van der Waals surface area (Å²) in [6.07, 6.45) is 4.41. The molecule has 0 amide bonds. The highest BCUT2D eigenvalue weighted by Gasteiger charge is 2.05. The Balaban J connectivity index is 2.59. The molecule has 2 heteroatoms. The fraction of sp³-hybridized carbons (Fsp3) is 0.533. The van der Waals surface area contributed by atoms with E-state index in [4.69, 9.17) is 9.47 Å². The number of rotatable bonds is 8. The van der Waals surface area contributed by atoms with Gasteiger partial charge in [-0.05, 0) is 37.5 Å². The molecule has 0 atom stereocenters. The third-order valence-corrected chi connectivity index (χ3v) is 2.52. The Morgan fingerprint density at radius 1 is 0.941 bits per heavy atom. The Morgan fingerprint density at radius 2 is 1.53 bits per heavy atom. The van der Waals surface area contributed by atoms with E-state index in [0.29, 0.717) is 0 Å². The molecule has 2 nitrogen and oxygen atoms in total. The number of unbranched alkanes of at least 4 members (excludes halogenated alkanes) is 2. The van der Waals surface area contributed by atoms with E-state index in [1.165, 1.54) is 0 Å². The molecule has 0 aliphatic heterocycles. The molecule has 0 spiro atoms. The molecule has 0 saturated heterocycles. The van der Waals surface area contributed by atoms with Crippen LogP contribution in [0.1, 0.15) is 45.1 Å². The smallest absolute Gasteiger partial charge is 0.161 e. The summed E-state index contributed by atoms with van der Waals surface area (Å²) in [4.78, 5) is 0. The highest BCUT2D eigenvalue weighted by atomic mass is 16.5. The van der Waals surface area contributed by atoms with E-state index in [0.717, 1.165) is 56.0 Å². The second kappa shape index (κ2) is 7.99. The first kappa shape index (κ1) is 13.9. The van der Waals surface area contributed by atoms with Gasteiger partial charge in [-0.3, -0.25) is 0 Å². The van der Waals surface area contributed by atoms with Crippen LogP contribution in [0.3, 0.4) is 0 Å². The van der Waals surface area contributed by atoms with Crippen molar-refractivity contribution >= 4 is 0 Å². The predicted molar refractivity (Wildman–Crippen MR) is 71.7 cm³/mol. The van der Waals surface area contributed by atoms with Crippen molar-refractivity contribution in [1.82, 2.24) is 0 Å². The molecule has 0 aliphatic rings. The molecule has 0 aliphatic carbocycles. The van der Waals surface area contributed by atoms with Crippen LogP contribution in [0, 0.1) is 6.92 Å². The minimum absolute atomic E-state index is 0.740. The second-order valence-corrected chi connectivity index (χ2v) is 4.19. The molecular weight excluding hydrogens is 212 g/mol. The van der Waals surface area contributed by atoms with E-state index < -0.39 is 0 Å². The first-order valence-corrected chi connectivity index (χ1v) is 6.49. The SMILES string of the molecule is [CH2]c1ccc(OCCCC)c(OCCCC)c1. The van der Waals surface area contributed by atoms with Gasteiger partial charge in [0.25, 0.3) is 0 Å². The monoisotopic (exact) mass is 235 g/mol. The van der Waals surface area contributed by atoms with Crippen LogP contribution in [0.4, 0.5) is 0 Å². The molecule has 1 aromatic rings. The summed E-state index contributed by atoms with van der Waals surface area (Å²) in [6.45, 7) is 9.71. The molecule has 0 N–H and O–H groups in total. The van der Waals surface area contributed by atoms with Crippen molar-refractivity contribution < 1.29 is 9.47 Å². The number of hydrogen-bond acceptors (Lipinski definition) is 2. The van der Waals surface area contributed by atoms with Crippen molar-refractivity contribution in [2.75, 3.05) is 13.2 Å². The lowest BCUT2D eigenvalue weighted by Gasteiger charge is -2.13. The zero-order chi connectivity index (χ0) is 12.5. The Kier molecular flexibility index (Phi) is 6.53. The molecule has 0 unspecified atom stereocenters. The van der Waals surface area contributed by atoms with Gasteiger partial charge in [0.1, 0.15) is 0 Å². The predicted octanol–water partition coefficient (Wildman–Crippen LogP) is 4.23. The van der Waals surface area contributed by atoms with Gasteiger partial charge < -0.3 is 9.47 Å². The maximum Gasteiger partial charge on any atom is 0.161 e. The molecule has 1 radical (unpaired) electrons. The van der Waals surface area contributed by atoms with E-state index in [-0.39, 0.29) is 0 Å². The second-order valence-electron chi connectivity index (χ2n) is 4.19. The van der Waals surface area contributed by atoms with Gasteiger partial charge in [-0.2, -0.15) is 0 Å². The molecule has 1 rings (SSSR count). The summed E-state index contributed by atoms with van der Waals surface area (Å²) >= 11 is 0. The van der Waals surface area contributed by atoms with Gasteiger partial charge in [-0.1, -0.05) is 32.8 Å². The molecule has 95 valence electrons. The van der Waals surface area contributed by atoms with Crippen molar-refractivity contribution in [3.63, 3.8) is 0 Å². The van der Waals surface area contributed by atoms with Crippen molar-refractivity contribution in [3.8, 4) is 11.5 Å².